The monoisotopic (exact) mass is 260 g/mol. The first-order valence-corrected chi connectivity index (χ1v) is 5.35. The van der Waals surface area contributed by atoms with E-state index in [-0.39, 0.29) is 5.54 Å². The fourth-order valence-corrected chi connectivity index (χ4v) is 2.15. The van der Waals surface area contributed by atoms with Crippen molar-refractivity contribution in [2.75, 3.05) is 7.05 Å². The van der Waals surface area contributed by atoms with Crippen molar-refractivity contribution < 1.29 is 0 Å². The predicted octanol–water partition coefficient (Wildman–Crippen LogP) is 2.71. The minimum atomic E-state index is 0.0911. The van der Waals surface area contributed by atoms with Crippen molar-refractivity contribution in [3.8, 4) is 0 Å². The lowest BCUT2D eigenvalue weighted by atomic mass is 10.1. The Morgan fingerprint density at radius 3 is 2.85 bits per heavy atom. The molecule has 0 unspecified atom stereocenters. The van der Waals surface area contributed by atoms with Gasteiger partial charge in [-0.15, -0.1) is 0 Å². The van der Waals surface area contributed by atoms with Crippen LogP contribution in [-0.2, 0) is 5.54 Å². The second-order valence-corrected chi connectivity index (χ2v) is 4.60. The van der Waals surface area contributed by atoms with Crippen molar-refractivity contribution >= 4 is 27.5 Å². The molecule has 0 aliphatic heterocycles. The summed E-state index contributed by atoms with van der Waals surface area (Å²) in [6, 6.07) is 2.04. The number of hydrogen-bond acceptors (Lipinski definition) is 2. The molecule has 1 aliphatic carbocycles. The van der Waals surface area contributed by atoms with Gasteiger partial charge in [-0.25, -0.2) is 4.98 Å². The van der Waals surface area contributed by atoms with Gasteiger partial charge in [0, 0.05) is 21.8 Å². The molecule has 1 aliphatic rings. The van der Waals surface area contributed by atoms with Gasteiger partial charge in [-0.05, 0) is 41.9 Å². The van der Waals surface area contributed by atoms with Gasteiger partial charge in [-0.1, -0.05) is 11.6 Å². The van der Waals surface area contributed by atoms with Gasteiger partial charge in [0.1, 0.15) is 5.15 Å². The molecule has 70 valence electrons. The van der Waals surface area contributed by atoms with Crippen molar-refractivity contribution in [1.82, 2.24) is 10.3 Å². The molecule has 1 aromatic heterocycles. The standard InChI is InChI=1S/C9H10BrClN2/c1-12-9(2-3-9)7-4-6(10)5-13-8(7)11/h4-5,12H,2-3H2,1H3. The Morgan fingerprint density at radius 1 is 1.62 bits per heavy atom. The first-order valence-electron chi connectivity index (χ1n) is 4.18. The first kappa shape index (κ1) is 9.44. The molecule has 2 nitrogen and oxygen atoms in total. The molecule has 0 spiro atoms. The van der Waals surface area contributed by atoms with Gasteiger partial charge in [0.15, 0.2) is 0 Å². The molecule has 0 bridgehead atoms. The van der Waals surface area contributed by atoms with Crippen LogP contribution in [0.1, 0.15) is 18.4 Å². The van der Waals surface area contributed by atoms with E-state index >= 15 is 0 Å². The molecule has 0 aromatic carbocycles. The quantitative estimate of drug-likeness (QED) is 0.828. The average Bonchev–Trinajstić information content (AvgIpc) is 2.90. The summed E-state index contributed by atoms with van der Waals surface area (Å²) in [4.78, 5) is 4.11. The molecule has 1 heterocycles. The highest BCUT2D eigenvalue weighted by atomic mass is 79.9. The Morgan fingerprint density at radius 2 is 2.31 bits per heavy atom. The number of nitrogens with one attached hydrogen (secondary N) is 1. The smallest absolute Gasteiger partial charge is 0.134 e. The van der Waals surface area contributed by atoms with Gasteiger partial charge in [0.25, 0.3) is 0 Å². The zero-order valence-electron chi connectivity index (χ0n) is 7.27. The third kappa shape index (κ3) is 1.60. The van der Waals surface area contributed by atoms with Gasteiger partial charge in [-0.2, -0.15) is 0 Å². The van der Waals surface area contributed by atoms with Gasteiger partial charge in [0.05, 0.1) is 0 Å². The molecule has 0 saturated heterocycles. The second-order valence-electron chi connectivity index (χ2n) is 3.32. The Balaban J connectivity index is 2.44. The normalized spacial score (nSPS) is 18.7. The minimum absolute atomic E-state index is 0.0911. The average molecular weight is 262 g/mol. The van der Waals surface area contributed by atoms with E-state index in [0.29, 0.717) is 5.15 Å². The lowest BCUT2D eigenvalue weighted by Crippen LogP contribution is -2.25. The Kier molecular flexibility index (Phi) is 2.34. The molecule has 4 heteroatoms. The third-order valence-corrected chi connectivity index (χ3v) is 3.28. The van der Waals surface area contributed by atoms with E-state index in [2.05, 4.69) is 26.2 Å². The molecule has 0 atom stereocenters. The number of halogens is 2. The largest absolute Gasteiger partial charge is 0.310 e. The predicted molar refractivity (Wildman–Crippen MR) is 56.9 cm³/mol. The number of hydrogen-bond donors (Lipinski definition) is 1. The van der Waals surface area contributed by atoms with E-state index < -0.39 is 0 Å². The van der Waals surface area contributed by atoms with Crippen LogP contribution in [-0.4, -0.2) is 12.0 Å². The van der Waals surface area contributed by atoms with E-state index in [1.807, 2.05) is 13.1 Å². The maximum atomic E-state index is 6.03. The van der Waals surface area contributed by atoms with Gasteiger partial charge < -0.3 is 5.32 Å². The fraction of sp³-hybridized carbons (Fsp3) is 0.444. The molecule has 1 aromatic rings. The number of nitrogens with zero attached hydrogens (tertiary/aromatic N) is 1. The van der Waals surface area contributed by atoms with Crippen LogP contribution >= 0.6 is 27.5 Å². The Bertz CT molecular complexity index is 336. The van der Waals surface area contributed by atoms with E-state index in [1.165, 1.54) is 0 Å². The number of rotatable bonds is 2. The summed E-state index contributed by atoms with van der Waals surface area (Å²) in [6.45, 7) is 0. The maximum absolute atomic E-state index is 6.03. The summed E-state index contributed by atoms with van der Waals surface area (Å²) in [7, 11) is 1.96. The van der Waals surface area contributed by atoms with E-state index in [4.69, 9.17) is 11.6 Å². The number of aromatic nitrogens is 1. The zero-order chi connectivity index (χ0) is 9.47. The topological polar surface area (TPSA) is 24.9 Å². The molecule has 13 heavy (non-hydrogen) atoms. The molecule has 0 amide bonds. The third-order valence-electron chi connectivity index (χ3n) is 2.55. The van der Waals surface area contributed by atoms with E-state index in [1.54, 1.807) is 6.20 Å². The van der Waals surface area contributed by atoms with E-state index in [9.17, 15) is 0 Å². The van der Waals surface area contributed by atoms with Crippen LogP contribution in [0.15, 0.2) is 16.7 Å². The zero-order valence-corrected chi connectivity index (χ0v) is 9.61. The summed E-state index contributed by atoms with van der Waals surface area (Å²) in [5.74, 6) is 0. The molecule has 1 N–H and O–H groups in total. The van der Waals surface area contributed by atoms with Crippen molar-refractivity contribution in [3.05, 3.63) is 27.5 Å². The molecule has 1 fully saturated rings. The Hall–Kier alpha value is -0.120. The summed E-state index contributed by atoms with van der Waals surface area (Å²) >= 11 is 9.42. The lowest BCUT2D eigenvalue weighted by Gasteiger charge is -2.15. The molecule has 2 rings (SSSR count). The van der Waals surface area contributed by atoms with Crippen LogP contribution in [0, 0.1) is 0 Å². The molecule has 1 saturated carbocycles. The van der Waals surface area contributed by atoms with Gasteiger partial charge in [-0.3, -0.25) is 0 Å². The highest BCUT2D eigenvalue weighted by Gasteiger charge is 2.44. The summed E-state index contributed by atoms with van der Waals surface area (Å²) in [6.07, 6.45) is 4.00. The van der Waals surface area contributed by atoms with Crippen LogP contribution < -0.4 is 5.32 Å². The fourth-order valence-electron chi connectivity index (χ4n) is 1.54. The first-order chi connectivity index (χ1) is 6.18. The van der Waals surface area contributed by atoms with Crippen LogP contribution in [0.5, 0.6) is 0 Å². The maximum Gasteiger partial charge on any atom is 0.134 e. The van der Waals surface area contributed by atoms with Crippen LogP contribution in [0.25, 0.3) is 0 Å². The number of pyridine rings is 1. The van der Waals surface area contributed by atoms with Crippen molar-refractivity contribution in [2.24, 2.45) is 0 Å². The minimum Gasteiger partial charge on any atom is -0.310 e. The van der Waals surface area contributed by atoms with Gasteiger partial charge in [0.2, 0.25) is 0 Å². The van der Waals surface area contributed by atoms with Crippen molar-refractivity contribution in [1.29, 1.82) is 0 Å². The second kappa shape index (κ2) is 3.23. The Labute approximate surface area is 90.8 Å². The lowest BCUT2D eigenvalue weighted by molar-refractivity contribution is 0.583. The van der Waals surface area contributed by atoms with Crippen molar-refractivity contribution in [2.45, 2.75) is 18.4 Å². The summed E-state index contributed by atoms with van der Waals surface area (Å²) in [5, 5.41) is 3.90. The van der Waals surface area contributed by atoms with Gasteiger partial charge >= 0.3 is 0 Å². The van der Waals surface area contributed by atoms with E-state index in [0.717, 1.165) is 22.9 Å². The summed E-state index contributed by atoms with van der Waals surface area (Å²) < 4.78 is 0.980. The molecule has 0 radical (unpaired) electrons. The SMILES string of the molecule is CNC1(c2cc(Br)cnc2Cl)CC1. The van der Waals surface area contributed by atoms with Crippen LogP contribution in [0.2, 0.25) is 5.15 Å². The molecular weight excluding hydrogens is 251 g/mol. The summed E-state index contributed by atoms with van der Waals surface area (Å²) in [5.41, 5.74) is 1.19. The highest BCUT2D eigenvalue weighted by Crippen LogP contribution is 2.47. The van der Waals surface area contributed by atoms with Crippen LogP contribution in [0.3, 0.4) is 0 Å². The van der Waals surface area contributed by atoms with Crippen molar-refractivity contribution in [3.63, 3.8) is 0 Å². The highest BCUT2D eigenvalue weighted by molar-refractivity contribution is 9.10. The van der Waals surface area contributed by atoms with Crippen LogP contribution in [0.4, 0.5) is 0 Å². The molecular formula is C9H10BrClN2.